The predicted molar refractivity (Wildman–Crippen MR) is 120 cm³/mol. The molecule has 6 heteroatoms. The minimum atomic E-state index is -1.22. The second-order valence-electron chi connectivity index (χ2n) is 9.60. The van der Waals surface area contributed by atoms with Crippen LogP contribution in [0, 0.1) is 11.2 Å². The normalized spacial score (nSPS) is 16.7. The Labute approximate surface area is 185 Å². The molecule has 5 nitrogen and oxygen atoms in total. The van der Waals surface area contributed by atoms with Gasteiger partial charge in [-0.15, -0.1) is 0 Å². The van der Waals surface area contributed by atoms with Gasteiger partial charge in [0.2, 0.25) is 0 Å². The molecule has 164 valence electrons. The van der Waals surface area contributed by atoms with E-state index >= 15 is 0 Å². The van der Waals surface area contributed by atoms with Crippen LogP contribution in [-0.2, 0) is 12.8 Å². The summed E-state index contributed by atoms with van der Waals surface area (Å²) in [5.74, 6) is -0.713. The molecular formula is C26H24FNO4. The second kappa shape index (κ2) is 7.05. The summed E-state index contributed by atoms with van der Waals surface area (Å²) >= 11 is 0. The average molecular weight is 433 g/mol. The lowest BCUT2D eigenvalue weighted by atomic mass is 9.76. The fourth-order valence-corrected chi connectivity index (χ4v) is 4.95. The molecule has 0 aliphatic carbocycles. The van der Waals surface area contributed by atoms with Crippen molar-refractivity contribution in [3.8, 4) is 28.1 Å². The molecule has 1 aromatic heterocycles. The maximum atomic E-state index is 13.5. The van der Waals surface area contributed by atoms with E-state index in [0.717, 1.165) is 40.0 Å². The van der Waals surface area contributed by atoms with E-state index in [1.54, 1.807) is 12.1 Å². The topological polar surface area (TPSA) is 68.5 Å². The molecule has 32 heavy (non-hydrogen) atoms. The molecule has 0 saturated heterocycles. The summed E-state index contributed by atoms with van der Waals surface area (Å²) in [4.78, 5) is 24.3. The Morgan fingerprint density at radius 2 is 1.84 bits per heavy atom. The van der Waals surface area contributed by atoms with Crippen LogP contribution in [0.3, 0.4) is 0 Å². The fraction of sp³-hybridized carbons (Fsp3) is 0.308. The third-order valence-corrected chi connectivity index (χ3v) is 6.57. The zero-order valence-electron chi connectivity index (χ0n) is 18.2. The number of halogens is 1. The van der Waals surface area contributed by atoms with E-state index in [9.17, 15) is 19.1 Å². The highest BCUT2D eigenvalue weighted by Crippen LogP contribution is 2.49. The third-order valence-electron chi connectivity index (χ3n) is 6.57. The number of aromatic nitrogens is 1. The van der Waals surface area contributed by atoms with Gasteiger partial charge in [0, 0.05) is 41.4 Å². The highest BCUT2D eigenvalue weighted by atomic mass is 19.1. The molecule has 0 fully saturated rings. The summed E-state index contributed by atoms with van der Waals surface area (Å²) in [7, 11) is 0. The molecule has 3 heterocycles. The number of hydrogen-bond donors (Lipinski definition) is 1. The number of benzene rings is 2. The number of carbonyl (C=O) groups is 1. The van der Waals surface area contributed by atoms with Crippen molar-refractivity contribution in [2.45, 2.75) is 39.7 Å². The number of carboxylic acid groups (broad SMARTS) is 1. The zero-order valence-corrected chi connectivity index (χ0v) is 18.2. The van der Waals surface area contributed by atoms with Crippen molar-refractivity contribution in [1.29, 1.82) is 0 Å². The van der Waals surface area contributed by atoms with E-state index < -0.39 is 11.4 Å². The van der Waals surface area contributed by atoms with Crippen LogP contribution in [0.15, 0.2) is 47.4 Å². The largest absolute Gasteiger partial charge is 0.492 e. The number of ether oxygens (including phenoxy) is 1. The molecule has 5 rings (SSSR count). The Morgan fingerprint density at radius 3 is 2.50 bits per heavy atom. The lowest BCUT2D eigenvalue weighted by molar-refractivity contribution is 0.0693. The van der Waals surface area contributed by atoms with E-state index in [1.165, 1.54) is 24.4 Å². The first-order valence-electron chi connectivity index (χ1n) is 10.7. The Bertz CT molecular complexity index is 1320. The second-order valence-corrected chi connectivity index (χ2v) is 9.60. The predicted octanol–water partition coefficient (Wildman–Crippen LogP) is 5.10. The first kappa shape index (κ1) is 20.5. The number of fused-ring (bicyclic) bond motifs is 5. The molecular weight excluding hydrogens is 409 g/mol. The molecule has 0 saturated carbocycles. The Balaban J connectivity index is 1.82. The van der Waals surface area contributed by atoms with Crippen molar-refractivity contribution in [3.63, 3.8) is 0 Å². The summed E-state index contributed by atoms with van der Waals surface area (Å²) in [5.41, 5.74) is 4.66. The molecule has 1 unspecified atom stereocenters. The van der Waals surface area contributed by atoms with E-state index in [-0.39, 0.29) is 22.8 Å². The van der Waals surface area contributed by atoms with Gasteiger partial charge >= 0.3 is 5.97 Å². The molecule has 0 radical (unpaired) electrons. The van der Waals surface area contributed by atoms with Crippen LogP contribution in [0.5, 0.6) is 5.75 Å². The third kappa shape index (κ3) is 3.13. The minimum absolute atomic E-state index is 0.0231. The monoisotopic (exact) mass is 433 g/mol. The van der Waals surface area contributed by atoms with Crippen LogP contribution < -0.4 is 10.2 Å². The van der Waals surface area contributed by atoms with Crippen LogP contribution >= 0.6 is 0 Å². The van der Waals surface area contributed by atoms with Crippen LogP contribution in [-0.4, -0.2) is 22.2 Å². The SMILES string of the molecule is CC(C)(C)C1Cc2c(cc(-c3ccc(F)cc3)c3c2CCO3)-c2cc(=O)c(C(=O)O)cn21. The van der Waals surface area contributed by atoms with Gasteiger partial charge in [0.15, 0.2) is 5.43 Å². The van der Waals surface area contributed by atoms with Gasteiger partial charge in [0.1, 0.15) is 17.1 Å². The number of aromatic carboxylic acids is 1. The highest BCUT2D eigenvalue weighted by molar-refractivity contribution is 5.88. The van der Waals surface area contributed by atoms with Crippen LogP contribution in [0.2, 0.25) is 0 Å². The van der Waals surface area contributed by atoms with Crippen molar-refractivity contribution in [3.05, 3.63) is 75.3 Å². The van der Waals surface area contributed by atoms with E-state index in [1.807, 2.05) is 10.6 Å². The Hall–Kier alpha value is -3.41. The van der Waals surface area contributed by atoms with Gasteiger partial charge in [0.25, 0.3) is 0 Å². The smallest absolute Gasteiger partial charge is 0.341 e. The van der Waals surface area contributed by atoms with Gasteiger partial charge in [-0.25, -0.2) is 9.18 Å². The maximum Gasteiger partial charge on any atom is 0.341 e. The van der Waals surface area contributed by atoms with Gasteiger partial charge in [-0.05, 0) is 41.2 Å². The first-order valence-corrected chi connectivity index (χ1v) is 10.7. The van der Waals surface area contributed by atoms with Crippen molar-refractivity contribution >= 4 is 5.97 Å². The Kier molecular flexibility index (Phi) is 4.52. The number of nitrogens with zero attached hydrogens (tertiary/aromatic N) is 1. The summed E-state index contributed by atoms with van der Waals surface area (Å²) in [6.45, 7) is 6.93. The molecule has 2 aliphatic heterocycles. The zero-order chi connectivity index (χ0) is 22.8. The number of pyridine rings is 1. The summed E-state index contributed by atoms with van der Waals surface area (Å²) in [6.07, 6.45) is 2.96. The van der Waals surface area contributed by atoms with Crippen LogP contribution in [0.1, 0.15) is 48.3 Å². The van der Waals surface area contributed by atoms with Gasteiger partial charge in [-0.2, -0.15) is 0 Å². The summed E-state index contributed by atoms with van der Waals surface area (Å²) < 4.78 is 21.5. The molecule has 2 aliphatic rings. The average Bonchev–Trinajstić information content (AvgIpc) is 3.22. The molecule has 1 N–H and O–H groups in total. The molecule has 0 bridgehead atoms. The standard InChI is InChI=1S/C26H24FNO4/c1-26(2,3)23-11-18-16-8-9-32-24(16)17(14-4-6-15(27)7-5-14)10-19(18)21-12-22(29)20(25(30)31)13-28(21)23/h4-7,10,12-13,23H,8-9,11H2,1-3H3,(H,30,31). The summed E-state index contributed by atoms with van der Waals surface area (Å²) in [5, 5.41) is 9.53. The molecule has 0 spiro atoms. The van der Waals surface area contributed by atoms with E-state index in [2.05, 4.69) is 20.8 Å². The molecule has 2 aromatic carbocycles. The molecule has 1 atom stereocenters. The minimum Gasteiger partial charge on any atom is -0.492 e. The fourth-order valence-electron chi connectivity index (χ4n) is 4.95. The number of carboxylic acids is 1. The molecule has 3 aromatic rings. The maximum absolute atomic E-state index is 13.5. The number of hydrogen-bond acceptors (Lipinski definition) is 3. The van der Waals surface area contributed by atoms with E-state index in [4.69, 9.17) is 4.74 Å². The van der Waals surface area contributed by atoms with Crippen molar-refractivity contribution in [1.82, 2.24) is 4.57 Å². The molecule has 0 amide bonds. The van der Waals surface area contributed by atoms with Crippen molar-refractivity contribution in [2.24, 2.45) is 5.41 Å². The van der Waals surface area contributed by atoms with Gasteiger partial charge < -0.3 is 14.4 Å². The lowest BCUT2D eigenvalue weighted by Crippen LogP contribution is -2.33. The van der Waals surface area contributed by atoms with Gasteiger partial charge in [-0.3, -0.25) is 4.79 Å². The summed E-state index contributed by atoms with van der Waals surface area (Å²) in [6, 6.07) is 9.70. The number of rotatable bonds is 2. The van der Waals surface area contributed by atoms with E-state index in [0.29, 0.717) is 18.7 Å². The van der Waals surface area contributed by atoms with Crippen LogP contribution in [0.4, 0.5) is 4.39 Å². The Morgan fingerprint density at radius 1 is 1.12 bits per heavy atom. The quantitative estimate of drug-likeness (QED) is 0.611. The van der Waals surface area contributed by atoms with Crippen LogP contribution in [0.25, 0.3) is 22.4 Å². The first-order chi connectivity index (χ1) is 15.1. The van der Waals surface area contributed by atoms with Gasteiger partial charge in [-0.1, -0.05) is 32.9 Å². The highest BCUT2D eigenvalue weighted by Gasteiger charge is 2.36. The lowest BCUT2D eigenvalue weighted by Gasteiger charge is -2.39. The van der Waals surface area contributed by atoms with Gasteiger partial charge in [0.05, 0.1) is 12.3 Å². The van der Waals surface area contributed by atoms with Crippen molar-refractivity contribution in [2.75, 3.05) is 6.61 Å². The van der Waals surface area contributed by atoms with Crippen molar-refractivity contribution < 1.29 is 19.0 Å².